The van der Waals surface area contributed by atoms with Crippen LogP contribution in [0.15, 0.2) is 20.0 Å². The number of sulfonamides is 1. The van der Waals surface area contributed by atoms with Gasteiger partial charge in [-0.05, 0) is 29.8 Å². The van der Waals surface area contributed by atoms with Crippen LogP contribution in [0.4, 0.5) is 0 Å². The van der Waals surface area contributed by atoms with Gasteiger partial charge in [0.05, 0.1) is 12.6 Å². The van der Waals surface area contributed by atoms with Crippen LogP contribution >= 0.6 is 15.9 Å². The van der Waals surface area contributed by atoms with Gasteiger partial charge in [0.15, 0.2) is 4.67 Å². The van der Waals surface area contributed by atoms with Crippen molar-refractivity contribution in [1.29, 1.82) is 0 Å². The van der Waals surface area contributed by atoms with E-state index in [0.29, 0.717) is 25.0 Å². The van der Waals surface area contributed by atoms with Crippen LogP contribution in [-0.4, -0.2) is 33.7 Å². The molecular weight excluding hydrogens is 360 g/mol. The highest BCUT2D eigenvalue weighted by Gasteiger charge is 2.23. The number of halogens is 1. The first-order chi connectivity index (χ1) is 9.76. The fraction of sp³-hybridized carbons (Fsp3) is 0.692. The fourth-order valence-electron chi connectivity index (χ4n) is 1.62. The third-order valence-corrected chi connectivity index (χ3v) is 4.97. The van der Waals surface area contributed by atoms with Crippen LogP contribution in [0.3, 0.4) is 0 Å². The summed E-state index contributed by atoms with van der Waals surface area (Å²) in [6.07, 6.45) is -0.183. The molecule has 0 aliphatic rings. The maximum absolute atomic E-state index is 12.2. The van der Waals surface area contributed by atoms with Crippen LogP contribution in [0.1, 0.15) is 33.5 Å². The predicted molar refractivity (Wildman–Crippen MR) is 84.7 cm³/mol. The summed E-state index contributed by atoms with van der Waals surface area (Å²) < 4.78 is 37.9. The highest BCUT2D eigenvalue weighted by molar-refractivity contribution is 9.10. The molecule has 1 rings (SSSR count). The van der Waals surface area contributed by atoms with Crippen LogP contribution < -0.4 is 10.0 Å². The van der Waals surface area contributed by atoms with Gasteiger partial charge >= 0.3 is 0 Å². The lowest BCUT2D eigenvalue weighted by Gasteiger charge is -2.12. The van der Waals surface area contributed by atoms with Crippen LogP contribution in [0.25, 0.3) is 0 Å². The van der Waals surface area contributed by atoms with E-state index >= 15 is 0 Å². The molecule has 0 amide bonds. The van der Waals surface area contributed by atoms with Gasteiger partial charge in [0.2, 0.25) is 10.0 Å². The molecular formula is C13H23BrN2O4S. The van der Waals surface area contributed by atoms with Gasteiger partial charge in [0, 0.05) is 25.3 Å². The molecule has 0 radical (unpaired) electrons. The Balaban J connectivity index is 2.74. The summed E-state index contributed by atoms with van der Waals surface area (Å²) in [5.74, 6) is 0.564. The zero-order valence-electron chi connectivity index (χ0n) is 12.8. The van der Waals surface area contributed by atoms with Crippen molar-refractivity contribution in [2.45, 2.75) is 51.3 Å². The van der Waals surface area contributed by atoms with Crippen molar-refractivity contribution >= 4 is 26.0 Å². The summed E-state index contributed by atoms with van der Waals surface area (Å²) in [5.41, 5.74) is 0. The minimum absolute atomic E-state index is 0.103. The van der Waals surface area contributed by atoms with Crippen molar-refractivity contribution < 1.29 is 17.6 Å². The van der Waals surface area contributed by atoms with Crippen molar-refractivity contribution in [3.63, 3.8) is 0 Å². The van der Waals surface area contributed by atoms with Gasteiger partial charge in [0.25, 0.3) is 0 Å². The lowest BCUT2D eigenvalue weighted by molar-refractivity contribution is 0.0799. The van der Waals surface area contributed by atoms with Crippen LogP contribution in [0.5, 0.6) is 0 Å². The summed E-state index contributed by atoms with van der Waals surface area (Å²) in [6, 6.07) is 1.81. The Hall–Kier alpha value is -0.410. The first-order valence-corrected chi connectivity index (χ1v) is 9.16. The van der Waals surface area contributed by atoms with E-state index in [9.17, 15) is 8.42 Å². The number of hydrogen-bond donors (Lipinski definition) is 2. The standard InChI is InChI=1S/C13H23BrN2O4S/c1-5-19-10(4)7-16-21(17,18)12-6-11(20-13(12)14)8-15-9(2)3/h6,9-10,15-16H,5,7-8H2,1-4H3. The Morgan fingerprint density at radius 3 is 2.62 bits per heavy atom. The average Bonchev–Trinajstić information content (AvgIpc) is 2.77. The monoisotopic (exact) mass is 382 g/mol. The van der Waals surface area contributed by atoms with Crippen molar-refractivity contribution in [2.24, 2.45) is 0 Å². The topological polar surface area (TPSA) is 80.6 Å². The van der Waals surface area contributed by atoms with E-state index in [1.54, 1.807) is 0 Å². The minimum atomic E-state index is -3.62. The molecule has 1 aromatic heterocycles. The van der Waals surface area contributed by atoms with E-state index < -0.39 is 10.0 Å². The largest absolute Gasteiger partial charge is 0.452 e. The quantitative estimate of drug-likeness (QED) is 0.684. The molecule has 8 heteroatoms. The SMILES string of the molecule is CCOC(C)CNS(=O)(=O)c1cc(CNC(C)C)oc1Br. The van der Waals surface area contributed by atoms with Crippen LogP contribution in [0, 0.1) is 0 Å². The van der Waals surface area contributed by atoms with Crippen LogP contribution in [-0.2, 0) is 21.3 Å². The van der Waals surface area contributed by atoms with Crippen LogP contribution in [0.2, 0.25) is 0 Å². The minimum Gasteiger partial charge on any atom is -0.452 e. The summed E-state index contributed by atoms with van der Waals surface area (Å²) in [6.45, 7) is 8.93. The average molecular weight is 383 g/mol. The molecule has 122 valence electrons. The van der Waals surface area contributed by atoms with E-state index in [4.69, 9.17) is 9.15 Å². The molecule has 1 aromatic rings. The predicted octanol–water partition coefficient (Wildman–Crippen LogP) is 2.24. The molecule has 0 aliphatic carbocycles. The van der Waals surface area contributed by atoms with Crippen molar-refractivity contribution in [1.82, 2.24) is 10.0 Å². The fourth-order valence-corrected chi connectivity index (χ4v) is 3.73. The molecule has 0 aliphatic heterocycles. The maximum atomic E-state index is 12.2. The smallest absolute Gasteiger partial charge is 0.245 e. The zero-order valence-corrected chi connectivity index (χ0v) is 15.2. The molecule has 1 atom stereocenters. The molecule has 0 saturated heterocycles. The Bertz CT molecular complexity index is 542. The van der Waals surface area contributed by atoms with Crippen molar-refractivity contribution in [3.05, 3.63) is 16.5 Å². The first-order valence-electron chi connectivity index (χ1n) is 6.89. The van der Waals surface area contributed by atoms with E-state index in [1.165, 1.54) is 6.07 Å². The summed E-state index contributed by atoms with van der Waals surface area (Å²) in [7, 11) is -3.62. The van der Waals surface area contributed by atoms with Gasteiger partial charge in [-0.25, -0.2) is 13.1 Å². The second-order valence-corrected chi connectivity index (χ2v) is 7.46. The molecule has 0 saturated carbocycles. The number of ether oxygens (including phenoxy) is 1. The van der Waals surface area contributed by atoms with Gasteiger partial charge in [-0.3, -0.25) is 0 Å². The summed E-state index contributed by atoms with van der Waals surface area (Å²) in [4.78, 5) is 0.103. The molecule has 1 unspecified atom stereocenters. The lowest BCUT2D eigenvalue weighted by Crippen LogP contribution is -2.32. The molecule has 0 aromatic carbocycles. The maximum Gasteiger partial charge on any atom is 0.245 e. The zero-order chi connectivity index (χ0) is 16.0. The Kier molecular flexibility index (Phi) is 7.35. The third kappa shape index (κ3) is 6.07. The Morgan fingerprint density at radius 1 is 1.38 bits per heavy atom. The normalized spacial score (nSPS) is 13.8. The number of hydrogen-bond acceptors (Lipinski definition) is 5. The molecule has 2 N–H and O–H groups in total. The van der Waals surface area contributed by atoms with Gasteiger partial charge in [0.1, 0.15) is 10.7 Å². The van der Waals surface area contributed by atoms with E-state index in [-0.39, 0.29) is 22.2 Å². The van der Waals surface area contributed by atoms with Gasteiger partial charge in [-0.1, -0.05) is 13.8 Å². The second kappa shape index (κ2) is 8.28. The number of rotatable bonds is 9. The highest BCUT2D eigenvalue weighted by Crippen LogP contribution is 2.26. The molecule has 0 fully saturated rings. The molecule has 6 nitrogen and oxygen atoms in total. The molecule has 21 heavy (non-hydrogen) atoms. The Labute approximate surface area is 134 Å². The number of furan rings is 1. The first kappa shape index (κ1) is 18.6. The second-order valence-electron chi connectivity index (χ2n) is 5.00. The van der Waals surface area contributed by atoms with Crippen molar-refractivity contribution in [2.75, 3.05) is 13.2 Å². The van der Waals surface area contributed by atoms with Gasteiger partial charge in [-0.15, -0.1) is 0 Å². The molecule has 0 bridgehead atoms. The molecule has 1 heterocycles. The summed E-state index contributed by atoms with van der Waals surface area (Å²) >= 11 is 3.15. The van der Waals surface area contributed by atoms with E-state index in [2.05, 4.69) is 26.0 Å². The van der Waals surface area contributed by atoms with Crippen molar-refractivity contribution in [3.8, 4) is 0 Å². The highest BCUT2D eigenvalue weighted by atomic mass is 79.9. The van der Waals surface area contributed by atoms with E-state index in [1.807, 2.05) is 27.7 Å². The summed E-state index contributed by atoms with van der Waals surface area (Å²) in [5, 5.41) is 3.17. The van der Waals surface area contributed by atoms with Gasteiger partial charge < -0.3 is 14.5 Å². The Morgan fingerprint density at radius 2 is 2.05 bits per heavy atom. The lowest BCUT2D eigenvalue weighted by atomic mass is 10.3. The molecule has 0 spiro atoms. The number of nitrogens with one attached hydrogen (secondary N) is 2. The van der Waals surface area contributed by atoms with E-state index in [0.717, 1.165) is 0 Å². The third-order valence-electron chi connectivity index (χ3n) is 2.69. The van der Waals surface area contributed by atoms with Gasteiger partial charge in [-0.2, -0.15) is 0 Å².